The molecule has 17 unspecified atom stereocenters. The van der Waals surface area contributed by atoms with Crippen LogP contribution in [0.25, 0.3) is 0 Å². The van der Waals surface area contributed by atoms with E-state index in [0.29, 0.717) is 12.8 Å². The van der Waals surface area contributed by atoms with Crippen LogP contribution in [0.4, 0.5) is 0 Å². The van der Waals surface area contributed by atoms with Gasteiger partial charge in [-0.2, -0.15) is 0 Å². The zero-order chi connectivity index (χ0) is 61.9. The third-order valence-corrected chi connectivity index (χ3v) is 16.7. The van der Waals surface area contributed by atoms with Gasteiger partial charge in [-0.1, -0.05) is 223 Å². The largest absolute Gasteiger partial charge is 0.394 e. The number of rotatable bonds is 50. The Morgan fingerprint density at radius 2 is 0.812 bits per heavy atom. The molecule has 496 valence electrons. The first kappa shape index (κ1) is 77.0. The van der Waals surface area contributed by atoms with E-state index < -0.39 is 124 Å². The number of allylic oxidation sites excluding steroid dienone is 8. The van der Waals surface area contributed by atoms with Gasteiger partial charge < -0.3 is 89.9 Å². The molecule has 0 aromatic rings. The molecule has 0 aromatic heterocycles. The summed E-state index contributed by atoms with van der Waals surface area (Å²) in [5.41, 5.74) is 0. The Labute approximate surface area is 510 Å². The molecule has 3 saturated heterocycles. The molecule has 3 aliphatic rings. The van der Waals surface area contributed by atoms with E-state index in [1.165, 1.54) is 122 Å². The predicted molar refractivity (Wildman–Crippen MR) is 328 cm³/mol. The van der Waals surface area contributed by atoms with Gasteiger partial charge in [0, 0.05) is 6.42 Å². The van der Waals surface area contributed by atoms with Crippen molar-refractivity contribution >= 4 is 5.91 Å². The van der Waals surface area contributed by atoms with Gasteiger partial charge in [0.1, 0.15) is 73.2 Å². The normalized spacial score (nSPS) is 29.3. The van der Waals surface area contributed by atoms with Crippen LogP contribution in [0.3, 0.4) is 0 Å². The van der Waals surface area contributed by atoms with Crippen molar-refractivity contribution in [3.05, 3.63) is 48.6 Å². The van der Waals surface area contributed by atoms with Gasteiger partial charge in [-0.3, -0.25) is 4.79 Å². The molecule has 19 heteroatoms. The molecule has 1 amide bonds. The molecule has 0 radical (unpaired) electrons. The second kappa shape index (κ2) is 48.6. The molecular weight excluding hydrogens is 1090 g/mol. The highest BCUT2D eigenvalue weighted by atomic mass is 16.8. The van der Waals surface area contributed by atoms with Gasteiger partial charge in [-0.15, -0.1) is 0 Å². The molecule has 3 aliphatic heterocycles. The first-order valence-corrected chi connectivity index (χ1v) is 33.4. The zero-order valence-electron chi connectivity index (χ0n) is 52.1. The van der Waals surface area contributed by atoms with Crippen LogP contribution >= 0.6 is 0 Å². The summed E-state index contributed by atoms with van der Waals surface area (Å²) in [6.45, 7) is 1.69. The molecule has 3 fully saturated rings. The summed E-state index contributed by atoms with van der Waals surface area (Å²) in [4.78, 5) is 13.4. The SMILES string of the molecule is CC/C=C\C/C=C\C/C=C\C/C=C\CCCCCCCCCCCCCCC(=O)NC(COC1OC(CO)C(OC2OC(CO)C(OC3OC(CO)C(O)C(O)C3O)C(O)C2O)C(O)C1O)C(O)CCCCCCCCCCCCCCCCC. The molecule has 17 atom stereocenters. The van der Waals surface area contributed by atoms with Gasteiger partial charge in [0.05, 0.1) is 38.6 Å². The number of ether oxygens (including phenoxy) is 6. The number of amides is 1. The molecule has 85 heavy (non-hydrogen) atoms. The van der Waals surface area contributed by atoms with Gasteiger partial charge in [0.25, 0.3) is 0 Å². The van der Waals surface area contributed by atoms with Crippen LogP contribution in [0.2, 0.25) is 0 Å². The van der Waals surface area contributed by atoms with Crippen LogP contribution in [0, 0.1) is 0 Å². The molecule has 0 spiro atoms. The van der Waals surface area contributed by atoms with Crippen molar-refractivity contribution < 1.29 is 89.4 Å². The Hall–Kier alpha value is -2.25. The van der Waals surface area contributed by atoms with E-state index in [1.54, 1.807) is 0 Å². The van der Waals surface area contributed by atoms with Crippen molar-refractivity contribution in [2.45, 2.75) is 336 Å². The number of nitrogens with one attached hydrogen (secondary N) is 1. The van der Waals surface area contributed by atoms with Gasteiger partial charge in [-0.25, -0.2) is 0 Å². The maximum absolute atomic E-state index is 13.4. The monoisotopic (exact) mass is 1210 g/mol. The topological polar surface area (TPSA) is 307 Å². The standard InChI is InChI=1S/C66H119NO18/c1-3-5-7-9-11-13-15-17-19-20-21-22-23-24-25-26-27-28-30-32-34-36-38-40-42-44-54(72)67-49(50(71)43-41-39-37-35-33-31-29-18-16-14-12-10-8-6-4-2)48-80-64-60(78)57(75)62(52(46-69)82-64)85-66-61(79)58(76)63(53(47-70)83-66)84-65-59(77)56(74)55(73)51(45-68)81-65/h5,7,11,13,17,19,21-22,49-53,55-66,68-71,73-79H,3-4,6,8-10,12,14-16,18,20,23-48H2,1-2H3,(H,67,72)/b7-5-,13-11-,19-17-,22-21-. The van der Waals surface area contributed by atoms with E-state index in [1.807, 2.05) is 0 Å². The lowest BCUT2D eigenvalue weighted by atomic mass is 9.96. The summed E-state index contributed by atoms with van der Waals surface area (Å²) in [5, 5.41) is 121. The Morgan fingerprint density at radius 3 is 1.27 bits per heavy atom. The van der Waals surface area contributed by atoms with Crippen molar-refractivity contribution in [1.82, 2.24) is 5.32 Å². The highest BCUT2D eigenvalue weighted by molar-refractivity contribution is 5.76. The van der Waals surface area contributed by atoms with Crippen LogP contribution in [-0.4, -0.2) is 193 Å². The summed E-state index contributed by atoms with van der Waals surface area (Å²) in [7, 11) is 0. The quantitative estimate of drug-likeness (QED) is 0.0204. The van der Waals surface area contributed by atoms with Gasteiger partial charge in [0.15, 0.2) is 18.9 Å². The molecule has 0 aromatic carbocycles. The molecule has 0 aliphatic carbocycles. The fourth-order valence-electron chi connectivity index (χ4n) is 11.2. The highest BCUT2D eigenvalue weighted by Gasteiger charge is 2.53. The summed E-state index contributed by atoms with van der Waals surface area (Å²) < 4.78 is 34.4. The lowest BCUT2D eigenvalue weighted by Gasteiger charge is -2.48. The number of hydrogen-bond donors (Lipinski definition) is 12. The number of hydrogen-bond acceptors (Lipinski definition) is 18. The van der Waals surface area contributed by atoms with E-state index in [-0.39, 0.29) is 18.9 Å². The molecule has 0 saturated carbocycles. The van der Waals surface area contributed by atoms with Crippen molar-refractivity contribution in [1.29, 1.82) is 0 Å². The molecule has 3 rings (SSSR count). The lowest BCUT2D eigenvalue weighted by molar-refractivity contribution is -0.379. The Morgan fingerprint density at radius 1 is 0.435 bits per heavy atom. The van der Waals surface area contributed by atoms with Crippen molar-refractivity contribution in [3.8, 4) is 0 Å². The fourth-order valence-corrected chi connectivity index (χ4v) is 11.2. The minimum Gasteiger partial charge on any atom is -0.394 e. The number of aliphatic hydroxyl groups excluding tert-OH is 11. The molecular formula is C66H119NO18. The van der Waals surface area contributed by atoms with Crippen LogP contribution in [0.15, 0.2) is 48.6 Å². The van der Waals surface area contributed by atoms with Crippen LogP contribution < -0.4 is 5.32 Å². The summed E-state index contributed by atoms with van der Waals surface area (Å²) >= 11 is 0. The predicted octanol–water partition coefficient (Wildman–Crippen LogP) is 7.83. The smallest absolute Gasteiger partial charge is 0.220 e. The van der Waals surface area contributed by atoms with E-state index in [4.69, 9.17) is 28.4 Å². The van der Waals surface area contributed by atoms with Crippen LogP contribution in [0.5, 0.6) is 0 Å². The zero-order valence-corrected chi connectivity index (χ0v) is 52.1. The van der Waals surface area contributed by atoms with Crippen molar-refractivity contribution in [2.75, 3.05) is 26.4 Å². The van der Waals surface area contributed by atoms with Crippen LogP contribution in [-0.2, 0) is 33.2 Å². The lowest BCUT2D eigenvalue weighted by Crippen LogP contribution is -2.66. The van der Waals surface area contributed by atoms with E-state index in [9.17, 15) is 61.0 Å². The highest BCUT2D eigenvalue weighted by Crippen LogP contribution is 2.33. The molecule has 0 bridgehead atoms. The minimum atomic E-state index is -1.97. The van der Waals surface area contributed by atoms with Crippen molar-refractivity contribution in [3.63, 3.8) is 0 Å². The van der Waals surface area contributed by atoms with Crippen molar-refractivity contribution in [2.24, 2.45) is 0 Å². The molecule has 12 N–H and O–H groups in total. The van der Waals surface area contributed by atoms with E-state index >= 15 is 0 Å². The van der Waals surface area contributed by atoms with Gasteiger partial charge in [0.2, 0.25) is 5.91 Å². The fraction of sp³-hybridized carbons (Fsp3) is 0.864. The van der Waals surface area contributed by atoms with E-state index in [0.717, 1.165) is 77.0 Å². The Bertz CT molecular complexity index is 1740. The van der Waals surface area contributed by atoms with Gasteiger partial charge >= 0.3 is 0 Å². The molecule has 3 heterocycles. The average Bonchev–Trinajstić information content (AvgIpc) is 3.63. The first-order valence-electron chi connectivity index (χ1n) is 33.4. The second-order valence-electron chi connectivity index (χ2n) is 23.9. The minimum absolute atomic E-state index is 0.246. The van der Waals surface area contributed by atoms with Gasteiger partial charge in [-0.05, 0) is 51.4 Å². The number of carbonyl (C=O) groups excluding carboxylic acids is 1. The maximum Gasteiger partial charge on any atom is 0.220 e. The third-order valence-electron chi connectivity index (χ3n) is 16.7. The third kappa shape index (κ3) is 31.4. The summed E-state index contributed by atoms with van der Waals surface area (Å²) in [6, 6.07) is -0.889. The maximum atomic E-state index is 13.4. The summed E-state index contributed by atoms with van der Waals surface area (Å²) in [6.07, 6.45) is 29.0. The number of unbranched alkanes of at least 4 members (excludes halogenated alkanes) is 26. The average molecular weight is 1210 g/mol. The van der Waals surface area contributed by atoms with Crippen LogP contribution in [0.1, 0.15) is 232 Å². The Balaban J connectivity index is 1.43. The number of carbonyl (C=O) groups is 1. The summed E-state index contributed by atoms with van der Waals surface area (Å²) in [5.74, 6) is -0.246. The van der Waals surface area contributed by atoms with E-state index in [2.05, 4.69) is 67.8 Å². The second-order valence-corrected chi connectivity index (χ2v) is 23.9. The Kier molecular flexibility index (Phi) is 44.0. The number of aliphatic hydroxyl groups is 11. The first-order chi connectivity index (χ1) is 41.3. The molecule has 19 nitrogen and oxygen atoms in total.